The van der Waals surface area contributed by atoms with Crippen molar-refractivity contribution in [2.24, 2.45) is 0 Å². The number of hydrogen-bond donors (Lipinski definition) is 2. The largest absolute Gasteiger partial charge is 0.497 e. The number of rotatable bonds is 6. The summed E-state index contributed by atoms with van der Waals surface area (Å²) in [6.45, 7) is 1.19. The number of nitrogens with one attached hydrogen (secondary N) is 1. The molecule has 3 nitrogen and oxygen atoms in total. The molecule has 2 aromatic rings. The van der Waals surface area contributed by atoms with Gasteiger partial charge < -0.3 is 15.2 Å². The first kappa shape index (κ1) is 14.9. The standard InChI is InChI=1S/C16H18ClNO2/c1-20-15-8-4-13(5-9-15)16(19)11-18-10-12-2-6-14(17)7-3-12/h2-9,16,18-19H,10-11H2,1H3. The van der Waals surface area contributed by atoms with Crippen LogP contribution in [0.1, 0.15) is 17.2 Å². The summed E-state index contributed by atoms with van der Waals surface area (Å²) in [5.41, 5.74) is 2.01. The van der Waals surface area contributed by atoms with Crippen LogP contribution in [0.4, 0.5) is 0 Å². The molecule has 0 spiro atoms. The number of hydrogen-bond acceptors (Lipinski definition) is 3. The maximum atomic E-state index is 10.1. The molecule has 0 fully saturated rings. The van der Waals surface area contributed by atoms with E-state index in [0.29, 0.717) is 13.1 Å². The van der Waals surface area contributed by atoms with Crippen LogP contribution in [0.15, 0.2) is 48.5 Å². The minimum Gasteiger partial charge on any atom is -0.497 e. The lowest BCUT2D eigenvalue weighted by Crippen LogP contribution is -2.21. The van der Waals surface area contributed by atoms with E-state index in [2.05, 4.69) is 5.32 Å². The van der Waals surface area contributed by atoms with Crippen molar-refractivity contribution in [2.75, 3.05) is 13.7 Å². The lowest BCUT2D eigenvalue weighted by Gasteiger charge is -2.13. The summed E-state index contributed by atoms with van der Waals surface area (Å²) < 4.78 is 5.09. The molecule has 4 heteroatoms. The van der Waals surface area contributed by atoms with E-state index < -0.39 is 6.10 Å². The minimum atomic E-state index is -0.534. The highest BCUT2D eigenvalue weighted by atomic mass is 35.5. The molecule has 2 aromatic carbocycles. The van der Waals surface area contributed by atoms with Crippen LogP contribution in [0.2, 0.25) is 5.02 Å². The molecule has 1 unspecified atom stereocenters. The molecule has 20 heavy (non-hydrogen) atoms. The molecule has 0 aliphatic heterocycles. The van der Waals surface area contributed by atoms with Crippen LogP contribution in [0.5, 0.6) is 5.75 Å². The number of ether oxygens (including phenoxy) is 1. The van der Waals surface area contributed by atoms with Gasteiger partial charge in [0.1, 0.15) is 5.75 Å². The number of aliphatic hydroxyl groups is 1. The van der Waals surface area contributed by atoms with E-state index >= 15 is 0 Å². The smallest absolute Gasteiger partial charge is 0.118 e. The Kier molecular flexibility index (Phi) is 5.41. The van der Waals surface area contributed by atoms with E-state index in [1.54, 1.807) is 7.11 Å². The van der Waals surface area contributed by atoms with Crippen LogP contribution in [0.3, 0.4) is 0 Å². The summed E-state index contributed by atoms with van der Waals surface area (Å²) in [4.78, 5) is 0. The van der Waals surface area contributed by atoms with E-state index in [-0.39, 0.29) is 0 Å². The molecule has 0 aliphatic carbocycles. The summed E-state index contributed by atoms with van der Waals surface area (Å²) in [6, 6.07) is 15.1. The molecule has 1 atom stereocenters. The Bertz CT molecular complexity index is 525. The number of halogens is 1. The molecule has 106 valence electrons. The first-order valence-corrected chi connectivity index (χ1v) is 6.84. The third-order valence-corrected chi connectivity index (χ3v) is 3.33. The second-order valence-electron chi connectivity index (χ2n) is 4.55. The van der Waals surface area contributed by atoms with Crippen LogP contribution in [0.25, 0.3) is 0 Å². The van der Waals surface area contributed by atoms with Gasteiger partial charge in [0.05, 0.1) is 13.2 Å². The van der Waals surface area contributed by atoms with Gasteiger partial charge in [-0.25, -0.2) is 0 Å². The van der Waals surface area contributed by atoms with Crippen molar-refractivity contribution in [3.05, 3.63) is 64.7 Å². The van der Waals surface area contributed by atoms with Gasteiger partial charge in [-0.2, -0.15) is 0 Å². The summed E-state index contributed by atoms with van der Waals surface area (Å²) in [6.07, 6.45) is -0.534. The average Bonchev–Trinajstić information content (AvgIpc) is 2.49. The Hall–Kier alpha value is -1.55. The fourth-order valence-corrected chi connectivity index (χ4v) is 2.03. The first-order valence-electron chi connectivity index (χ1n) is 6.46. The van der Waals surface area contributed by atoms with Gasteiger partial charge >= 0.3 is 0 Å². The highest BCUT2D eigenvalue weighted by molar-refractivity contribution is 6.30. The Balaban J connectivity index is 1.82. The van der Waals surface area contributed by atoms with Crippen LogP contribution in [-0.4, -0.2) is 18.8 Å². The van der Waals surface area contributed by atoms with Gasteiger partial charge in [0, 0.05) is 18.1 Å². The molecular formula is C16H18ClNO2. The second kappa shape index (κ2) is 7.29. The Morgan fingerprint density at radius 2 is 1.75 bits per heavy atom. The summed E-state index contributed by atoms with van der Waals surface area (Å²) in [5.74, 6) is 0.787. The first-order chi connectivity index (χ1) is 9.69. The van der Waals surface area contributed by atoms with Crippen LogP contribution >= 0.6 is 11.6 Å². The fraction of sp³-hybridized carbons (Fsp3) is 0.250. The van der Waals surface area contributed by atoms with Crippen LogP contribution < -0.4 is 10.1 Å². The van der Waals surface area contributed by atoms with E-state index in [1.165, 1.54) is 0 Å². The van der Waals surface area contributed by atoms with Crippen molar-refractivity contribution in [2.45, 2.75) is 12.6 Å². The fourth-order valence-electron chi connectivity index (χ4n) is 1.90. The van der Waals surface area contributed by atoms with Gasteiger partial charge in [0.2, 0.25) is 0 Å². The third kappa shape index (κ3) is 4.23. The average molecular weight is 292 g/mol. The lowest BCUT2D eigenvalue weighted by atomic mass is 10.1. The van der Waals surface area contributed by atoms with Crippen molar-refractivity contribution in [3.63, 3.8) is 0 Å². The van der Waals surface area contributed by atoms with Crippen LogP contribution in [-0.2, 0) is 6.54 Å². The van der Waals surface area contributed by atoms with Gasteiger partial charge in [-0.15, -0.1) is 0 Å². The van der Waals surface area contributed by atoms with Gasteiger partial charge in [0.25, 0.3) is 0 Å². The quantitative estimate of drug-likeness (QED) is 0.859. The zero-order chi connectivity index (χ0) is 14.4. The SMILES string of the molecule is COc1ccc(C(O)CNCc2ccc(Cl)cc2)cc1. The van der Waals surface area contributed by atoms with Crippen molar-refractivity contribution in [3.8, 4) is 5.75 Å². The van der Waals surface area contributed by atoms with E-state index in [4.69, 9.17) is 16.3 Å². The predicted octanol–water partition coefficient (Wildman–Crippen LogP) is 3.17. The topological polar surface area (TPSA) is 41.5 Å². The predicted molar refractivity (Wildman–Crippen MR) is 81.1 cm³/mol. The third-order valence-electron chi connectivity index (χ3n) is 3.08. The highest BCUT2D eigenvalue weighted by Gasteiger charge is 2.07. The van der Waals surface area contributed by atoms with Crippen molar-refractivity contribution >= 4 is 11.6 Å². The summed E-state index contributed by atoms with van der Waals surface area (Å²) in [7, 11) is 1.62. The molecule has 0 saturated heterocycles. The summed E-state index contributed by atoms with van der Waals surface area (Å²) in [5, 5.41) is 14.0. The van der Waals surface area contributed by atoms with Gasteiger partial charge in [-0.1, -0.05) is 35.9 Å². The Labute approximate surface area is 124 Å². The molecular weight excluding hydrogens is 274 g/mol. The minimum absolute atomic E-state index is 0.495. The summed E-state index contributed by atoms with van der Waals surface area (Å²) >= 11 is 5.83. The van der Waals surface area contributed by atoms with Crippen molar-refractivity contribution in [1.82, 2.24) is 5.32 Å². The molecule has 0 saturated carbocycles. The van der Waals surface area contributed by atoms with Crippen LogP contribution in [0, 0.1) is 0 Å². The van der Waals surface area contributed by atoms with Gasteiger partial charge in [-0.05, 0) is 35.4 Å². The number of benzene rings is 2. The van der Waals surface area contributed by atoms with Crippen molar-refractivity contribution < 1.29 is 9.84 Å². The molecule has 0 aromatic heterocycles. The molecule has 0 bridgehead atoms. The maximum absolute atomic E-state index is 10.1. The van der Waals surface area contributed by atoms with E-state index in [1.807, 2.05) is 48.5 Å². The molecule has 0 aliphatic rings. The van der Waals surface area contributed by atoms with E-state index in [0.717, 1.165) is 21.9 Å². The molecule has 2 rings (SSSR count). The number of aliphatic hydroxyl groups excluding tert-OH is 1. The molecule has 0 amide bonds. The highest BCUT2D eigenvalue weighted by Crippen LogP contribution is 2.17. The molecule has 2 N–H and O–H groups in total. The van der Waals surface area contributed by atoms with Gasteiger partial charge in [-0.3, -0.25) is 0 Å². The second-order valence-corrected chi connectivity index (χ2v) is 4.98. The normalized spacial score (nSPS) is 12.2. The zero-order valence-corrected chi connectivity index (χ0v) is 12.1. The van der Waals surface area contributed by atoms with Crippen molar-refractivity contribution in [1.29, 1.82) is 0 Å². The van der Waals surface area contributed by atoms with Gasteiger partial charge in [0.15, 0.2) is 0 Å². The number of methoxy groups -OCH3 is 1. The Morgan fingerprint density at radius 3 is 2.35 bits per heavy atom. The lowest BCUT2D eigenvalue weighted by molar-refractivity contribution is 0.174. The molecule has 0 radical (unpaired) electrons. The van der Waals surface area contributed by atoms with E-state index in [9.17, 15) is 5.11 Å². The zero-order valence-electron chi connectivity index (χ0n) is 11.3. The molecule has 0 heterocycles. The Morgan fingerprint density at radius 1 is 1.10 bits per heavy atom. The maximum Gasteiger partial charge on any atom is 0.118 e. The monoisotopic (exact) mass is 291 g/mol.